The van der Waals surface area contributed by atoms with E-state index >= 15 is 0 Å². The zero-order valence-corrected chi connectivity index (χ0v) is 14.4. The van der Waals surface area contributed by atoms with Crippen LogP contribution >= 0.6 is 0 Å². The largest absolute Gasteiger partial charge is 0.513 e. The predicted octanol–water partition coefficient (Wildman–Crippen LogP) is 2.49. The Balaban J connectivity index is 1.64. The lowest BCUT2D eigenvalue weighted by atomic mass is 10.1. The molecule has 1 N–H and O–H groups in total. The Labute approximate surface area is 142 Å². The maximum Gasteiger partial charge on any atom is 0.513 e. The van der Waals surface area contributed by atoms with Gasteiger partial charge < -0.3 is 19.4 Å². The minimum atomic E-state index is -0.636. The standard InChI is InChI=1S/C18H25N3O3/c1-20(2)10-7-14-13-19-15-5-3-6-16(17(14)15)24-18(22)23-12-11-21-8-4-9-21/h3,5-6,13,19H,4,7-12H2,1-2H3. The molecular formula is C18H25N3O3. The van der Waals surface area contributed by atoms with Crippen LogP contribution in [-0.2, 0) is 11.2 Å². The number of hydrogen-bond acceptors (Lipinski definition) is 5. The number of benzene rings is 1. The van der Waals surface area contributed by atoms with Gasteiger partial charge in [-0.25, -0.2) is 4.79 Å². The molecule has 1 aliphatic heterocycles. The molecule has 0 aliphatic carbocycles. The minimum Gasteiger partial charge on any atom is -0.433 e. The molecule has 1 aromatic heterocycles. The van der Waals surface area contributed by atoms with E-state index in [0.29, 0.717) is 12.4 Å². The molecule has 0 radical (unpaired) electrons. The maximum absolute atomic E-state index is 12.0. The van der Waals surface area contributed by atoms with Crippen LogP contribution in [0.25, 0.3) is 10.9 Å². The number of likely N-dealkylation sites (N-methyl/N-ethyl adjacent to an activating group) is 1. The molecule has 0 bridgehead atoms. The van der Waals surface area contributed by atoms with Crippen molar-refractivity contribution in [2.75, 3.05) is 46.9 Å². The zero-order chi connectivity index (χ0) is 16.9. The fourth-order valence-corrected chi connectivity index (χ4v) is 2.83. The van der Waals surface area contributed by atoms with Crippen LogP contribution in [0.2, 0.25) is 0 Å². The number of aromatic amines is 1. The van der Waals surface area contributed by atoms with Gasteiger partial charge in [0.25, 0.3) is 0 Å². The molecule has 0 amide bonds. The van der Waals surface area contributed by atoms with Crippen LogP contribution in [0.1, 0.15) is 12.0 Å². The molecule has 1 aliphatic rings. The monoisotopic (exact) mass is 331 g/mol. The highest BCUT2D eigenvalue weighted by Gasteiger charge is 2.16. The molecule has 130 valence electrons. The average molecular weight is 331 g/mol. The second-order valence-corrected chi connectivity index (χ2v) is 6.44. The second kappa shape index (κ2) is 7.68. The summed E-state index contributed by atoms with van der Waals surface area (Å²) in [4.78, 5) is 19.6. The maximum atomic E-state index is 12.0. The molecule has 0 atom stereocenters. The molecule has 2 heterocycles. The Morgan fingerprint density at radius 1 is 1.33 bits per heavy atom. The van der Waals surface area contributed by atoms with Gasteiger partial charge in [0.05, 0.1) is 0 Å². The average Bonchev–Trinajstić information content (AvgIpc) is 2.92. The first-order chi connectivity index (χ1) is 11.6. The SMILES string of the molecule is CN(C)CCc1c[nH]c2cccc(OC(=O)OCCN3CCC3)c12. The van der Waals surface area contributed by atoms with Crippen molar-refractivity contribution in [2.24, 2.45) is 0 Å². The Kier molecular flexibility index (Phi) is 5.37. The number of carbonyl (C=O) groups excluding carboxylic acids is 1. The van der Waals surface area contributed by atoms with Crippen LogP contribution in [0, 0.1) is 0 Å². The third-order valence-electron chi connectivity index (χ3n) is 4.35. The number of rotatable bonds is 7. The number of likely N-dealkylation sites (tertiary alicyclic amines) is 1. The minimum absolute atomic E-state index is 0.370. The molecule has 1 fully saturated rings. The van der Waals surface area contributed by atoms with Crippen molar-refractivity contribution in [2.45, 2.75) is 12.8 Å². The molecule has 0 saturated carbocycles. The van der Waals surface area contributed by atoms with Gasteiger partial charge in [-0.3, -0.25) is 4.90 Å². The topological polar surface area (TPSA) is 57.8 Å². The van der Waals surface area contributed by atoms with Crippen molar-refractivity contribution >= 4 is 17.1 Å². The highest BCUT2D eigenvalue weighted by Crippen LogP contribution is 2.29. The lowest BCUT2D eigenvalue weighted by molar-refractivity contribution is 0.0756. The van der Waals surface area contributed by atoms with Crippen LogP contribution < -0.4 is 4.74 Å². The van der Waals surface area contributed by atoms with Gasteiger partial charge in [0.2, 0.25) is 0 Å². The molecule has 1 aromatic carbocycles. The van der Waals surface area contributed by atoms with Crippen molar-refractivity contribution in [1.82, 2.24) is 14.8 Å². The van der Waals surface area contributed by atoms with Gasteiger partial charge in [0.15, 0.2) is 0 Å². The van der Waals surface area contributed by atoms with E-state index in [0.717, 1.165) is 49.1 Å². The van der Waals surface area contributed by atoms with Gasteiger partial charge in [0, 0.05) is 30.2 Å². The Morgan fingerprint density at radius 3 is 2.88 bits per heavy atom. The number of nitrogens with zero attached hydrogens (tertiary/aromatic N) is 2. The predicted molar refractivity (Wildman–Crippen MR) is 93.6 cm³/mol. The number of nitrogens with one attached hydrogen (secondary N) is 1. The normalized spacial score (nSPS) is 14.8. The molecule has 0 spiro atoms. The van der Waals surface area contributed by atoms with E-state index in [2.05, 4.69) is 14.8 Å². The lowest BCUT2D eigenvalue weighted by Crippen LogP contribution is -2.39. The summed E-state index contributed by atoms with van der Waals surface area (Å²) < 4.78 is 10.6. The van der Waals surface area contributed by atoms with Gasteiger partial charge in [-0.1, -0.05) is 6.07 Å². The fraction of sp³-hybridized carbons (Fsp3) is 0.500. The summed E-state index contributed by atoms with van der Waals surface area (Å²) in [6.45, 7) is 4.27. The summed E-state index contributed by atoms with van der Waals surface area (Å²) in [7, 11) is 4.09. The smallest absolute Gasteiger partial charge is 0.433 e. The van der Waals surface area contributed by atoms with Crippen LogP contribution in [0.3, 0.4) is 0 Å². The van der Waals surface area contributed by atoms with Crippen LogP contribution in [0.4, 0.5) is 4.79 Å². The highest BCUT2D eigenvalue weighted by atomic mass is 16.7. The number of hydrogen-bond donors (Lipinski definition) is 1. The van der Waals surface area contributed by atoms with Crippen molar-refractivity contribution in [3.05, 3.63) is 30.0 Å². The molecule has 2 aromatic rings. The first-order valence-corrected chi connectivity index (χ1v) is 8.44. The number of ether oxygens (including phenoxy) is 2. The Morgan fingerprint density at radius 2 is 2.17 bits per heavy atom. The highest BCUT2D eigenvalue weighted by molar-refractivity contribution is 5.90. The molecule has 6 heteroatoms. The second-order valence-electron chi connectivity index (χ2n) is 6.44. The number of fused-ring (bicyclic) bond motifs is 1. The van der Waals surface area contributed by atoms with E-state index in [1.807, 2.05) is 38.5 Å². The summed E-state index contributed by atoms with van der Waals surface area (Å²) in [6, 6.07) is 5.67. The number of carbonyl (C=O) groups is 1. The first kappa shape index (κ1) is 16.8. The van der Waals surface area contributed by atoms with Crippen LogP contribution in [0.15, 0.2) is 24.4 Å². The third kappa shape index (κ3) is 4.07. The molecule has 24 heavy (non-hydrogen) atoms. The first-order valence-electron chi connectivity index (χ1n) is 8.44. The van der Waals surface area contributed by atoms with Gasteiger partial charge in [-0.15, -0.1) is 0 Å². The molecule has 6 nitrogen and oxygen atoms in total. The summed E-state index contributed by atoms with van der Waals surface area (Å²) in [5.74, 6) is 0.552. The molecule has 0 unspecified atom stereocenters. The summed E-state index contributed by atoms with van der Waals surface area (Å²) >= 11 is 0. The van der Waals surface area contributed by atoms with Crippen LogP contribution in [0.5, 0.6) is 5.75 Å². The molecule has 3 rings (SSSR count). The summed E-state index contributed by atoms with van der Waals surface area (Å²) in [5.41, 5.74) is 2.11. The van der Waals surface area contributed by atoms with Crippen molar-refractivity contribution < 1.29 is 14.3 Å². The fourth-order valence-electron chi connectivity index (χ4n) is 2.83. The van der Waals surface area contributed by atoms with Crippen molar-refractivity contribution in [3.63, 3.8) is 0 Å². The summed E-state index contributed by atoms with van der Waals surface area (Å²) in [6.07, 6.45) is 3.46. The van der Waals surface area contributed by atoms with Gasteiger partial charge in [-0.05, 0) is 57.7 Å². The Hall–Kier alpha value is -2.05. The molecular weight excluding hydrogens is 306 g/mol. The van der Waals surface area contributed by atoms with E-state index in [1.165, 1.54) is 6.42 Å². The van der Waals surface area contributed by atoms with Crippen LogP contribution in [-0.4, -0.2) is 67.8 Å². The van der Waals surface area contributed by atoms with E-state index in [4.69, 9.17) is 9.47 Å². The lowest BCUT2D eigenvalue weighted by Gasteiger charge is -2.29. The van der Waals surface area contributed by atoms with Crippen molar-refractivity contribution in [3.8, 4) is 5.75 Å². The van der Waals surface area contributed by atoms with E-state index < -0.39 is 6.16 Å². The van der Waals surface area contributed by atoms with Gasteiger partial charge >= 0.3 is 6.16 Å². The third-order valence-corrected chi connectivity index (χ3v) is 4.35. The van der Waals surface area contributed by atoms with Crippen molar-refractivity contribution in [1.29, 1.82) is 0 Å². The van der Waals surface area contributed by atoms with Gasteiger partial charge in [0.1, 0.15) is 12.4 Å². The zero-order valence-electron chi connectivity index (χ0n) is 14.4. The quantitative estimate of drug-likeness (QED) is 0.624. The number of H-pyrrole nitrogens is 1. The number of aromatic nitrogens is 1. The summed E-state index contributed by atoms with van der Waals surface area (Å²) in [5, 5.41) is 0.957. The van der Waals surface area contributed by atoms with Gasteiger partial charge in [-0.2, -0.15) is 0 Å². The van der Waals surface area contributed by atoms with E-state index in [9.17, 15) is 4.79 Å². The molecule has 1 saturated heterocycles. The Bertz CT molecular complexity index is 692. The van der Waals surface area contributed by atoms with E-state index in [-0.39, 0.29) is 0 Å². The van der Waals surface area contributed by atoms with E-state index in [1.54, 1.807) is 0 Å².